The van der Waals surface area contributed by atoms with Crippen LogP contribution in [-0.2, 0) is 16.8 Å². The molecule has 1 aliphatic rings. The monoisotopic (exact) mass is 341 g/mol. The van der Waals surface area contributed by atoms with E-state index in [1.54, 1.807) is 0 Å². The number of nitrogens with one attached hydrogen (secondary N) is 1. The molecule has 1 aromatic carbocycles. The van der Waals surface area contributed by atoms with Crippen molar-refractivity contribution in [2.24, 2.45) is 5.92 Å². The van der Waals surface area contributed by atoms with Crippen molar-refractivity contribution in [1.82, 2.24) is 9.55 Å². The van der Waals surface area contributed by atoms with E-state index in [0.29, 0.717) is 0 Å². The number of hydrogen-bond donors (Lipinski definition) is 1. The number of anilines is 1. The molecule has 136 valence electrons. The van der Waals surface area contributed by atoms with Crippen molar-refractivity contribution < 1.29 is 4.79 Å². The molecule has 1 fully saturated rings. The first-order valence-corrected chi connectivity index (χ1v) is 9.63. The molecule has 0 unspecified atom stereocenters. The lowest BCUT2D eigenvalue weighted by atomic mass is 9.87. The highest BCUT2D eigenvalue weighted by molar-refractivity contribution is 5.91. The van der Waals surface area contributed by atoms with Gasteiger partial charge < -0.3 is 9.88 Å². The minimum absolute atomic E-state index is 0.000246. The van der Waals surface area contributed by atoms with Crippen molar-refractivity contribution in [3.8, 4) is 0 Å². The fourth-order valence-electron chi connectivity index (χ4n) is 4.00. The van der Waals surface area contributed by atoms with Gasteiger partial charge in [0.1, 0.15) is 5.82 Å². The molecular weight excluding hydrogens is 310 g/mol. The van der Waals surface area contributed by atoms with E-state index in [2.05, 4.69) is 36.7 Å². The van der Waals surface area contributed by atoms with Crippen molar-refractivity contribution >= 4 is 22.6 Å². The van der Waals surface area contributed by atoms with Gasteiger partial charge >= 0.3 is 0 Å². The number of aromatic nitrogens is 2. The van der Waals surface area contributed by atoms with Gasteiger partial charge in [-0.05, 0) is 30.5 Å². The Kier molecular flexibility index (Phi) is 5.16. The van der Waals surface area contributed by atoms with Crippen molar-refractivity contribution in [2.75, 3.05) is 5.32 Å². The Hall–Kier alpha value is -1.84. The van der Waals surface area contributed by atoms with E-state index >= 15 is 0 Å². The summed E-state index contributed by atoms with van der Waals surface area (Å²) in [6.45, 7) is 9.24. The first-order valence-electron chi connectivity index (χ1n) is 9.63. The van der Waals surface area contributed by atoms with Gasteiger partial charge in [0.15, 0.2) is 0 Å². The van der Waals surface area contributed by atoms with Gasteiger partial charge in [-0.3, -0.25) is 4.79 Å². The number of imidazole rings is 1. The summed E-state index contributed by atoms with van der Waals surface area (Å²) >= 11 is 0. The molecule has 3 rings (SSSR count). The van der Waals surface area contributed by atoms with Crippen LogP contribution < -0.4 is 5.32 Å². The number of fused-ring (bicyclic) bond motifs is 1. The molecule has 0 spiro atoms. The Balaban J connectivity index is 1.91. The van der Waals surface area contributed by atoms with Gasteiger partial charge in [0.25, 0.3) is 0 Å². The zero-order chi connectivity index (χ0) is 18.0. The Morgan fingerprint density at radius 3 is 2.60 bits per heavy atom. The summed E-state index contributed by atoms with van der Waals surface area (Å²) in [6.07, 6.45) is 8.18. The second-order valence-corrected chi connectivity index (χ2v) is 8.51. The van der Waals surface area contributed by atoms with E-state index in [4.69, 9.17) is 4.98 Å². The maximum absolute atomic E-state index is 11.3. The SMILES string of the molecule is CC(=O)Nc1ccc2c(c1)nc(C(C)(C)C)n2CCC1CCCCC1. The van der Waals surface area contributed by atoms with Gasteiger partial charge in [-0.15, -0.1) is 0 Å². The van der Waals surface area contributed by atoms with Gasteiger partial charge in [0.2, 0.25) is 5.91 Å². The maximum Gasteiger partial charge on any atom is 0.221 e. The molecule has 0 radical (unpaired) electrons. The molecule has 25 heavy (non-hydrogen) atoms. The van der Waals surface area contributed by atoms with Gasteiger partial charge in [0, 0.05) is 24.6 Å². The van der Waals surface area contributed by atoms with Gasteiger partial charge in [-0.25, -0.2) is 4.98 Å². The smallest absolute Gasteiger partial charge is 0.221 e. The van der Waals surface area contributed by atoms with E-state index < -0.39 is 0 Å². The Bertz CT molecular complexity index is 748. The number of nitrogens with zero attached hydrogens (tertiary/aromatic N) is 2. The lowest BCUT2D eigenvalue weighted by Gasteiger charge is -2.24. The molecule has 1 amide bonds. The second kappa shape index (κ2) is 7.19. The Morgan fingerprint density at radius 2 is 1.96 bits per heavy atom. The number of amides is 1. The van der Waals surface area contributed by atoms with Crippen LogP contribution in [0.5, 0.6) is 0 Å². The average Bonchev–Trinajstić information content (AvgIpc) is 2.91. The van der Waals surface area contributed by atoms with Gasteiger partial charge in [-0.1, -0.05) is 52.9 Å². The van der Waals surface area contributed by atoms with Gasteiger partial charge in [0.05, 0.1) is 11.0 Å². The van der Waals surface area contributed by atoms with Crippen molar-refractivity contribution in [1.29, 1.82) is 0 Å². The van der Waals surface area contributed by atoms with Crippen LogP contribution in [0.2, 0.25) is 0 Å². The number of carbonyl (C=O) groups is 1. The Labute approximate surface area is 151 Å². The first kappa shape index (κ1) is 18.0. The zero-order valence-corrected chi connectivity index (χ0v) is 16.1. The predicted octanol–water partition coefficient (Wildman–Crippen LogP) is 5.26. The van der Waals surface area contributed by atoms with Crippen LogP contribution in [-0.4, -0.2) is 15.5 Å². The summed E-state index contributed by atoms with van der Waals surface area (Å²) < 4.78 is 2.40. The minimum atomic E-state index is -0.0490. The normalized spacial score (nSPS) is 16.3. The third-order valence-electron chi connectivity index (χ3n) is 5.23. The standard InChI is InChI=1S/C21H31N3O/c1-15(25)22-17-10-11-19-18(14-17)23-20(21(2,3)4)24(19)13-12-16-8-6-5-7-9-16/h10-11,14,16H,5-9,12-13H2,1-4H3,(H,22,25). The summed E-state index contributed by atoms with van der Waals surface area (Å²) in [7, 11) is 0. The second-order valence-electron chi connectivity index (χ2n) is 8.51. The highest BCUT2D eigenvalue weighted by Gasteiger charge is 2.24. The lowest BCUT2D eigenvalue weighted by molar-refractivity contribution is -0.114. The van der Waals surface area contributed by atoms with Crippen LogP contribution in [0, 0.1) is 5.92 Å². The molecule has 0 aliphatic heterocycles. The Morgan fingerprint density at radius 1 is 1.24 bits per heavy atom. The fourth-order valence-corrected chi connectivity index (χ4v) is 4.00. The number of hydrogen-bond acceptors (Lipinski definition) is 2. The number of rotatable bonds is 4. The zero-order valence-electron chi connectivity index (χ0n) is 16.1. The number of aryl methyl sites for hydroxylation is 1. The number of benzene rings is 1. The highest BCUT2D eigenvalue weighted by Crippen LogP contribution is 2.31. The summed E-state index contributed by atoms with van der Waals surface area (Å²) in [5.41, 5.74) is 2.96. The molecule has 1 N–H and O–H groups in total. The van der Waals surface area contributed by atoms with Crippen LogP contribution in [0.4, 0.5) is 5.69 Å². The summed E-state index contributed by atoms with van der Waals surface area (Å²) in [4.78, 5) is 16.2. The van der Waals surface area contributed by atoms with Crippen LogP contribution in [0.25, 0.3) is 11.0 Å². The lowest BCUT2D eigenvalue weighted by Crippen LogP contribution is -2.20. The van der Waals surface area contributed by atoms with E-state index in [1.807, 2.05) is 12.1 Å². The maximum atomic E-state index is 11.3. The van der Waals surface area contributed by atoms with Crippen LogP contribution in [0.3, 0.4) is 0 Å². The van der Waals surface area contributed by atoms with E-state index in [9.17, 15) is 4.79 Å². The summed E-state index contributed by atoms with van der Waals surface area (Å²) in [5.74, 6) is 1.95. The average molecular weight is 341 g/mol. The molecule has 2 aromatic rings. The predicted molar refractivity (Wildman–Crippen MR) is 104 cm³/mol. The quantitative estimate of drug-likeness (QED) is 0.824. The highest BCUT2D eigenvalue weighted by atomic mass is 16.1. The largest absolute Gasteiger partial charge is 0.328 e. The molecule has 1 heterocycles. The molecule has 4 heteroatoms. The molecule has 0 bridgehead atoms. The van der Waals surface area contributed by atoms with E-state index in [-0.39, 0.29) is 11.3 Å². The third-order valence-corrected chi connectivity index (χ3v) is 5.23. The first-order chi connectivity index (χ1) is 11.8. The molecule has 0 saturated heterocycles. The van der Waals surface area contributed by atoms with Crippen molar-refractivity contribution in [3.05, 3.63) is 24.0 Å². The molecule has 0 atom stereocenters. The van der Waals surface area contributed by atoms with Gasteiger partial charge in [-0.2, -0.15) is 0 Å². The topological polar surface area (TPSA) is 46.9 Å². The fraction of sp³-hybridized carbons (Fsp3) is 0.619. The number of carbonyl (C=O) groups excluding carboxylic acids is 1. The van der Waals surface area contributed by atoms with E-state index in [1.165, 1.54) is 51.0 Å². The van der Waals surface area contributed by atoms with Crippen molar-refractivity contribution in [2.45, 2.75) is 78.2 Å². The summed E-state index contributed by atoms with van der Waals surface area (Å²) in [6, 6.07) is 6.07. The molecule has 4 nitrogen and oxygen atoms in total. The third kappa shape index (κ3) is 4.23. The van der Waals surface area contributed by atoms with Crippen molar-refractivity contribution in [3.63, 3.8) is 0 Å². The minimum Gasteiger partial charge on any atom is -0.328 e. The molecular formula is C21H31N3O. The molecule has 1 aliphatic carbocycles. The van der Waals surface area contributed by atoms with E-state index in [0.717, 1.165) is 29.5 Å². The molecule has 1 saturated carbocycles. The van der Waals surface area contributed by atoms with Crippen LogP contribution in [0.15, 0.2) is 18.2 Å². The molecule has 1 aromatic heterocycles. The summed E-state index contributed by atoms with van der Waals surface area (Å²) in [5, 5.41) is 2.86. The van der Waals surface area contributed by atoms with Crippen LogP contribution >= 0.6 is 0 Å². The van der Waals surface area contributed by atoms with Crippen LogP contribution in [0.1, 0.15) is 72.0 Å².